The van der Waals surface area contributed by atoms with Crippen LogP contribution in [0.1, 0.15) is 12.8 Å². The lowest BCUT2D eigenvalue weighted by Gasteiger charge is -2.08. The molecule has 0 amide bonds. The molecule has 1 fully saturated rings. The third kappa shape index (κ3) is 2.29. The van der Waals surface area contributed by atoms with Gasteiger partial charge in [-0.25, -0.2) is 0 Å². The molecule has 5 heteroatoms. The van der Waals surface area contributed by atoms with Gasteiger partial charge in [0, 0.05) is 10.5 Å². The zero-order chi connectivity index (χ0) is 11.8. The van der Waals surface area contributed by atoms with E-state index in [0.29, 0.717) is 17.7 Å². The van der Waals surface area contributed by atoms with Crippen molar-refractivity contribution in [3.63, 3.8) is 0 Å². The Morgan fingerprint density at radius 3 is 2.82 bits per heavy atom. The molecule has 0 saturated heterocycles. The van der Waals surface area contributed by atoms with Crippen molar-refractivity contribution in [3.05, 3.63) is 28.7 Å². The average molecular weight is 295 g/mol. The van der Waals surface area contributed by atoms with Crippen LogP contribution in [-0.2, 0) is 0 Å². The average Bonchev–Trinajstić information content (AvgIpc) is 3.01. The summed E-state index contributed by atoms with van der Waals surface area (Å²) in [7, 11) is 0. The van der Waals surface area contributed by atoms with Crippen molar-refractivity contribution < 1.29 is 9.26 Å². The fourth-order valence-electron chi connectivity index (χ4n) is 1.58. The SMILES string of the molecule is Nc1cc(-c2cc(Br)ccc2OC2CC2)on1. The molecule has 88 valence electrons. The molecular formula is C12H11BrN2O2. The van der Waals surface area contributed by atoms with E-state index in [2.05, 4.69) is 21.1 Å². The fourth-order valence-corrected chi connectivity index (χ4v) is 1.94. The van der Waals surface area contributed by atoms with Crippen molar-refractivity contribution in [2.75, 3.05) is 5.73 Å². The Morgan fingerprint density at radius 2 is 2.18 bits per heavy atom. The van der Waals surface area contributed by atoms with Crippen molar-refractivity contribution >= 4 is 21.7 Å². The third-order valence-electron chi connectivity index (χ3n) is 2.55. The van der Waals surface area contributed by atoms with Crippen molar-refractivity contribution in [2.45, 2.75) is 18.9 Å². The number of hydrogen-bond acceptors (Lipinski definition) is 4. The number of rotatable bonds is 3. The molecule has 2 aromatic rings. The van der Waals surface area contributed by atoms with Gasteiger partial charge >= 0.3 is 0 Å². The Balaban J connectivity index is 2.02. The molecular weight excluding hydrogens is 284 g/mol. The van der Waals surface area contributed by atoms with Crippen LogP contribution in [0.4, 0.5) is 5.82 Å². The molecule has 1 aliphatic carbocycles. The molecule has 0 unspecified atom stereocenters. The molecule has 1 aromatic heterocycles. The Kier molecular flexibility index (Phi) is 2.55. The van der Waals surface area contributed by atoms with Gasteiger partial charge < -0.3 is 15.0 Å². The number of hydrogen-bond donors (Lipinski definition) is 1. The van der Waals surface area contributed by atoms with Gasteiger partial charge in [-0.2, -0.15) is 0 Å². The number of nitrogens with two attached hydrogens (primary N) is 1. The smallest absolute Gasteiger partial charge is 0.172 e. The standard InChI is InChI=1S/C12H11BrN2O2/c13-7-1-4-10(16-8-2-3-8)9(5-7)11-6-12(14)15-17-11/h1,4-6,8H,2-3H2,(H2,14,15). The van der Waals surface area contributed by atoms with E-state index < -0.39 is 0 Å². The van der Waals surface area contributed by atoms with Crippen molar-refractivity contribution in [1.82, 2.24) is 5.16 Å². The Hall–Kier alpha value is -1.49. The van der Waals surface area contributed by atoms with Gasteiger partial charge in [-0.15, -0.1) is 0 Å². The van der Waals surface area contributed by atoms with E-state index in [-0.39, 0.29) is 0 Å². The molecule has 1 heterocycles. The van der Waals surface area contributed by atoms with Crippen molar-refractivity contribution in [2.24, 2.45) is 0 Å². The summed E-state index contributed by atoms with van der Waals surface area (Å²) in [4.78, 5) is 0. The molecule has 0 radical (unpaired) electrons. The van der Waals surface area contributed by atoms with Crippen molar-refractivity contribution in [3.8, 4) is 17.1 Å². The zero-order valence-corrected chi connectivity index (χ0v) is 10.6. The highest BCUT2D eigenvalue weighted by Crippen LogP contribution is 2.37. The first-order valence-corrected chi connectivity index (χ1v) is 6.20. The van der Waals surface area contributed by atoms with Gasteiger partial charge in [-0.3, -0.25) is 0 Å². The Morgan fingerprint density at radius 1 is 1.35 bits per heavy atom. The number of aromatic nitrogens is 1. The highest BCUT2D eigenvalue weighted by molar-refractivity contribution is 9.10. The molecule has 0 spiro atoms. The van der Waals surface area contributed by atoms with E-state index in [1.807, 2.05) is 18.2 Å². The molecule has 17 heavy (non-hydrogen) atoms. The lowest BCUT2D eigenvalue weighted by molar-refractivity contribution is 0.303. The van der Waals surface area contributed by atoms with E-state index >= 15 is 0 Å². The maximum atomic E-state index is 5.83. The van der Waals surface area contributed by atoms with Crippen LogP contribution >= 0.6 is 15.9 Å². The highest BCUT2D eigenvalue weighted by Gasteiger charge is 2.25. The molecule has 2 N–H and O–H groups in total. The Bertz CT molecular complexity index is 549. The predicted octanol–water partition coefficient (Wildman–Crippen LogP) is 3.23. The first kappa shape index (κ1) is 10.7. The topological polar surface area (TPSA) is 61.3 Å². The minimum absolute atomic E-state index is 0.343. The predicted molar refractivity (Wildman–Crippen MR) is 67.7 cm³/mol. The molecule has 1 aromatic carbocycles. The van der Waals surface area contributed by atoms with E-state index in [0.717, 1.165) is 28.6 Å². The van der Waals surface area contributed by atoms with Crippen molar-refractivity contribution in [1.29, 1.82) is 0 Å². The first-order chi connectivity index (χ1) is 8.22. The molecule has 1 saturated carbocycles. The van der Waals surface area contributed by atoms with Crippen LogP contribution in [0, 0.1) is 0 Å². The van der Waals surface area contributed by atoms with E-state index in [9.17, 15) is 0 Å². The molecule has 1 aliphatic rings. The minimum Gasteiger partial charge on any atom is -0.490 e. The van der Waals surface area contributed by atoms with Gasteiger partial charge in [0.15, 0.2) is 11.6 Å². The van der Waals surface area contributed by atoms with Crippen LogP contribution in [0.2, 0.25) is 0 Å². The molecule has 0 aliphatic heterocycles. The molecule has 0 bridgehead atoms. The summed E-state index contributed by atoms with van der Waals surface area (Å²) in [5.41, 5.74) is 6.43. The lowest BCUT2D eigenvalue weighted by Crippen LogP contribution is -1.97. The normalized spacial score (nSPS) is 14.9. The maximum Gasteiger partial charge on any atom is 0.172 e. The van der Waals surface area contributed by atoms with Crippen LogP contribution in [-0.4, -0.2) is 11.3 Å². The lowest BCUT2D eigenvalue weighted by atomic mass is 10.1. The quantitative estimate of drug-likeness (QED) is 0.944. The first-order valence-electron chi connectivity index (χ1n) is 5.41. The second-order valence-corrected chi connectivity index (χ2v) is 4.99. The zero-order valence-electron chi connectivity index (χ0n) is 9.02. The number of benzene rings is 1. The van der Waals surface area contributed by atoms with Gasteiger partial charge in [0.05, 0.1) is 11.7 Å². The van der Waals surface area contributed by atoms with Gasteiger partial charge in [0.2, 0.25) is 0 Å². The number of anilines is 1. The summed E-state index contributed by atoms with van der Waals surface area (Å²) in [5, 5.41) is 3.69. The second-order valence-electron chi connectivity index (χ2n) is 4.07. The molecule has 0 atom stereocenters. The van der Waals surface area contributed by atoms with Crippen LogP contribution < -0.4 is 10.5 Å². The summed E-state index contributed by atoms with van der Waals surface area (Å²) >= 11 is 3.43. The summed E-state index contributed by atoms with van der Waals surface area (Å²) < 4.78 is 12.0. The van der Waals surface area contributed by atoms with E-state index in [1.54, 1.807) is 6.07 Å². The van der Waals surface area contributed by atoms with Crippen LogP contribution in [0.3, 0.4) is 0 Å². The maximum absolute atomic E-state index is 5.83. The number of halogens is 1. The van der Waals surface area contributed by atoms with E-state index in [1.165, 1.54) is 0 Å². The summed E-state index contributed by atoms with van der Waals surface area (Å²) in [5.74, 6) is 1.81. The van der Waals surface area contributed by atoms with Crippen LogP contribution in [0.5, 0.6) is 5.75 Å². The highest BCUT2D eigenvalue weighted by atomic mass is 79.9. The Labute approximate surface area is 107 Å². The van der Waals surface area contributed by atoms with Crippen LogP contribution in [0.15, 0.2) is 33.3 Å². The second kappa shape index (κ2) is 4.07. The van der Waals surface area contributed by atoms with Gasteiger partial charge in [-0.05, 0) is 31.0 Å². The third-order valence-corrected chi connectivity index (χ3v) is 3.05. The van der Waals surface area contributed by atoms with Crippen LogP contribution in [0.25, 0.3) is 11.3 Å². The summed E-state index contributed by atoms with van der Waals surface area (Å²) in [6.45, 7) is 0. The largest absolute Gasteiger partial charge is 0.490 e. The number of nitrogens with zero attached hydrogens (tertiary/aromatic N) is 1. The van der Waals surface area contributed by atoms with Gasteiger partial charge in [0.25, 0.3) is 0 Å². The summed E-state index contributed by atoms with van der Waals surface area (Å²) in [6, 6.07) is 7.51. The van der Waals surface area contributed by atoms with Gasteiger partial charge in [-0.1, -0.05) is 21.1 Å². The minimum atomic E-state index is 0.343. The number of nitrogen functional groups attached to an aromatic ring is 1. The van der Waals surface area contributed by atoms with Gasteiger partial charge in [0.1, 0.15) is 5.75 Å². The molecule has 4 nitrogen and oxygen atoms in total. The van der Waals surface area contributed by atoms with E-state index in [4.69, 9.17) is 15.0 Å². The fraction of sp³-hybridized carbons (Fsp3) is 0.250. The number of ether oxygens (including phenoxy) is 1. The molecule has 3 rings (SSSR count). The summed E-state index contributed by atoms with van der Waals surface area (Å²) in [6.07, 6.45) is 2.58. The monoisotopic (exact) mass is 294 g/mol.